The number of benzene rings is 1. The van der Waals surface area contributed by atoms with E-state index in [1.807, 2.05) is 24.3 Å². The number of aromatic nitrogens is 1. The molecule has 0 spiro atoms. The molecule has 1 aliphatic heterocycles. The van der Waals surface area contributed by atoms with Crippen molar-refractivity contribution in [2.75, 3.05) is 6.61 Å². The topological polar surface area (TPSA) is 63.9 Å². The zero-order valence-electron chi connectivity index (χ0n) is 10.4. The number of halogens is 1. The zero-order chi connectivity index (χ0) is 13.9. The third kappa shape index (κ3) is 2.60. The zero-order valence-corrected chi connectivity index (χ0v) is 12.0. The molecule has 0 aliphatic carbocycles. The number of oxime groups is 1. The van der Waals surface area contributed by atoms with E-state index in [9.17, 15) is 0 Å². The van der Waals surface area contributed by atoms with Crippen LogP contribution in [-0.2, 0) is 6.61 Å². The Bertz CT molecular complexity index is 656. The lowest BCUT2D eigenvalue weighted by atomic mass is 10.1. The highest BCUT2D eigenvalue weighted by atomic mass is 79.9. The Morgan fingerprint density at radius 3 is 3.00 bits per heavy atom. The van der Waals surface area contributed by atoms with E-state index in [0.717, 1.165) is 15.7 Å². The van der Waals surface area contributed by atoms with E-state index in [4.69, 9.17) is 14.7 Å². The van der Waals surface area contributed by atoms with E-state index < -0.39 is 0 Å². The third-order valence-electron chi connectivity index (χ3n) is 2.92. The Morgan fingerprint density at radius 2 is 2.25 bits per heavy atom. The average Bonchev–Trinajstić information content (AvgIpc) is 2.89. The summed E-state index contributed by atoms with van der Waals surface area (Å²) in [5.41, 5.74) is 2.16. The van der Waals surface area contributed by atoms with E-state index in [1.54, 1.807) is 12.3 Å². The minimum atomic E-state index is 0.281. The molecule has 6 heteroatoms. The first kappa shape index (κ1) is 12.9. The Morgan fingerprint density at radius 1 is 1.35 bits per heavy atom. The average molecular weight is 335 g/mol. The number of hydrogen-bond donors (Lipinski definition) is 1. The molecular weight excluding hydrogens is 324 g/mol. The molecule has 3 rings (SSSR count). The van der Waals surface area contributed by atoms with Crippen LogP contribution in [-0.4, -0.2) is 22.5 Å². The van der Waals surface area contributed by atoms with Gasteiger partial charge >= 0.3 is 0 Å². The standard InChI is InChI=1S/C14H11BrN2O3/c15-9-1-2-10(16-6-9)7-19-11-3-4-12-13(17-18)8-20-14(12)5-11/h1-6,18H,7-8H2/b17-13-. The predicted molar refractivity (Wildman–Crippen MR) is 76.5 cm³/mol. The van der Waals surface area contributed by atoms with Crippen molar-refractivity contribution in [1.82, 2.24) is 4.98 Å². The van der Waals surface area contributed by atoms with E-state index >= 15 is 0 Å². The Balaban J connectivity index is 1.71. The maximum Gasteiger partial charge on any atom is 0.134 e. The molecule has 20 heavy (non-hydrogen) atoms. The predicted octanol–water partition coefficient (Wildman–Crippen LogP) is 2.99. The van der Waals surface area contributed by atoms with Gasteiger partial charge in [0.05, 0.1) is 5.69 Å². The summed E-state index contributed by atoms with van der Waals surface area (Å²) in [5.74, 6) is 1.35. The highest BCUT2D eigenvalue weighted by Gasteiger charge is 2.20. The summed E-state index contributed by atoms with van der Waals surface area (Å²) >= 11 is 3.34. The quantitative estimate of drug-likeness (QED) is 0.692. The monoisotopic (exact) mass is 334 g/mol. The summed E-state index contributed by atoms with van der Waals surface area (Å²) in [4.78, 5) is 4.24. The van der Waals surface area contributed by atoms with Crippen molar-refractivity contribution in [2.45, 2.75) is 6.61 Å². The Labute approximate surface area is 124 Å². The molecule has 0 atom stereocenters. The molecule has 0 radical (unpaired) electrons. The molecule has 1 aromatic carbocycles. The van der Waals surface area contributed by atoms with Gasteiger partial charge in [0.1, 0.15) is 30.4 Å². The van der Waals surface area contributed by atoms with Gasteiger partial charge in [0.15, 0.2) is 0 Å². The maximum absolute atomic E-state index is 8.82. The number of nitrogens with zero attached hydrogens (tertiary/aromatic N) is 2. The summed E-state index contributed by atoms with van der Waals surface area (Å²) in [7, 11) is 0. The molecule has 0 unspecified atom stereocenters. The minimum absolute atomic E-state index is 0.281. The third-order valence-corrected chi connectivity index (χ3v) is 3.39. The van der Waals surface area contributed by atoms with Crippen LogP contribution in [0.3, 0.4) is 0 Å². The lowest BCUT2D eigenvalue weighted by Crippen LogP contribution is -2.01. The van der Waals surface area contributed by atoms with Gasteiger partial charge in [-0.15, -0.1) is 0 Å². The van der Waals surface area contributed by atoms with Crippen LogP contribution < -0.4 is 9.47 Å². The van der Waals surface area contributed by atoms with Crippen molar-refractivity contribution in [2.24, 2.45) is 5.16 Å². The van der Waals surface area contributed by atoms with Gasteiger partial charge in [0.25, 0.3) is 0 Å². The Hall–Kier alpha value is -2.08. The van der Waals surface area contributed by atoms with Crippen molar-refractivity contribution in [3.63, 3.8) is 0 Å². The molecular formula is C14H11BrN2O3. The number of rotatable bonds is 3. The van der Waals surface area contributed by atoms with Gasteiger partial charge in [-0.2, -0.15) is 0 Å². The van der Waals surface area contributed by atoms with Crippen LogP contribution in [0.5, 0.6) is 11.5 Å². The molecule has 1 N–H and O–H groups in total. The molecule has 102 valence electrons. The second-order valence-electron chi connectivity index (χ2n) is 4.25. The van der Waals surface area contributed by atoms with Crippen molar-refractivity contribution in [3.05, 3.63) is 52.3 Å². The molecule has 0 saturated heterocycles. The Kier molecular flexibility index (Phi) is 3.56. The van der Waals surface area contributed by atoms with Crippen LogP contribution in [0.2, 0.25) is 0 Å². The number of hydrogen-bond acceptors (Lipinski definition) is 5. The van der Waals surface area contributed by atoms with E-state index in [0.29, 0.717) is 23.8 Å². The first-order chi connectivity index (χ1) is 9.76. The van der Waals surface area contributed by atoms with Crippen LogP contribution >= 0.6 is 15.9 Å². The van der Waals surface area contributed by atoms with Gasteiger partial charge in [0.2, 0.25) is 0 Å². The van der Waals surface area contributed by atoms with Crippen LogP contribution in [0.15, 0.2) is 46.2 Å². The molecule has 0 saturated carbocycles. The molecule has 2 heterocycles. The molecule has 0 bridgehead atoms. The second kappa shape index (κ2) is 5.50. The molecule has 5 nitrogen and oxygen atoms in total. The van der Waals surface area contributed by atoms with Crippen molar-refractivity contribution >= 4 is 21.6 Å². The number of ether oxygens (including phenoxy) is 2. The highest BCUT2D eigenvalue weighted by Crippen LogP contribution is 2.30. The van der Waals surface area contributed by atoms with Crippen LogP contribution in [0, 0.1) is 0 Å². The summed E-state index contributed by atoms with van der Waals surface area (Å²) in [6.45, 7) is 0.663. The summed E-state index contributed by atoms with van der Waals surface area (Å²) in [6, 6.07) is 9.23. The van der Waals surface area contributed by atoms with E-state index in [2.05, 4.69) is 26.1 Å². The molecule has 1 aliphatic rings. The molecule has 0 fully saturated rings. The minimum Gasteiger partial charge on any atom is -0.487 e. The smallest absolute Gasteiger partial charge is 0.134 e. The van der Waals surface area contributed by atoms with E-state index in [1.165, 1.54) is 0 Å². The summed E-state index contributed by atoms with van der Waals surface area (Å²) in [6.07, 6.45) is 1.73. The first-order valence-electron chi connectivity index (χ1n) is 5.97. The van der Waals surface area contributed by atoms with Gasteiger partial charge in [0, 0.05) is 22.3 Å². The molecule has 0 amide bonds. The fraction of sp³-hybridized carbons (Fsp3) is 0.143. The summed E-state index contributed by atoms with van der Waals surface area (Å²) < 4.78 is 12.0. The number of fused-ring (bicyclic) bond motifs is 1. The second-order valence-corrected chi connectivity index (χ2v) is 5.17. The van der Waals surface area contributed by atoms with Gasteiger partial charge in [-0.1, -0.05) is 5.16 Å². The van der Waals surface area contributed by atoms with E-state index in [-0.39, 0.29) is 6.61 Å². The fourth-order valence-corrected chi connectivity index (χ4v) is 2.14. The van der Waals surface area contributed by atoms with Gasteiger partial charge < -0.3 is 14.7 Å². The maximum atomic E-state index is 8.82. The highest BCUT2D eigenvalue weighted by molar-refractivity contribution is 9.10. The van der Waals surface area contributed by atoms with Crippen molar-refractivity contribution < 1.29 is 14.7 Å². The molecule has 1 aromatic heterocycles. The van der Waals surface area contributed by atoms with Gasteiger partial charge in [-0.25, -0.2) is 0 Å². The van der Waals surface area contributed by atoms with Crippen LogP contribution in [0.4, 0.5) is 0 Å². The van der Waals surface area contributed by atoms with Gasteiger partial charge in [-0.3, -0.25) is 4.98 Å². The van der Waals surface area contributed by atoms with Crippen LogP contribution in [0.25, 0.3) is 0 Å². The molecule has 2 aromatic rings. The normalized spacial score (nSPS) is 14.9. The van der Waals surface area contributed by atoms with Crippen LogP contribution in [0.1, 0.15) is 11.3 Å². The van der Waals surface area contributed by atoms with Crippen molar-refractivity contribution in [1.29, 1.82) is 0 Å². The van der Waals surface area contributed by atoms with Crippen molar-refractivity contribution in [3.8, 4) is 11.5 Å². The lowest BCUT2D eigenvalue weighted by Gasteiger charge is -2.07. The largest absolute Gasteiger partial charge is 0.487 e. The fourth-order valence-electron chi connectivity index (χ4n) is 1.91. The number of pyridine rings is 1. The van der Waals surface area contributed by atoms with Gasteiger partial charge in [-0.05, 0) is 40.2 Å². The summed E-state index contributed by atoms with van der Waals surface area (Å²) in [5, 5.41) is 12.0. The lowest BCUT2D eigenvalue weighted by molar-refractivity contribution is 0.298. The first-order valence-corrected chi connectivity index (χ1v) is 6.77. The SMILES string of the molecule is O/N=C1/COc2cc(OCc3ccc(Br)cn3)ccc21.